The van der Waals surface area contributed by atoms with Crippen LogP contribution in [0.15, 0.2) is 11.6 Å². The topological polar surface area (TPSA) is 42.1 Å². The molecule has 2 N–H and O–H groups in total. The molecule has 72 valence electrons. The van der Waals surface area contributed by atoms with Crippen molar-refractivity contribution >= 4 is 16.5 Å². The lowest BCUT2D eigenvalue weighted by atomic mass is 9.99. The van der Waals surface area contributed by atoms with Crippen LogP contribution in [-0.4, -0.2) is 24.6 Å². The van der Waals surface area contributed by atoms with Crippen molar-refractivity contribution in [2.24, 2.45) is 11.7 Å². The number of hydrogen-bond donors (Lipinski definition) is 1. The maximum Gasteiger partial charge on any atom is 0.185 e. The lowest BCUT2D eigenvalue weighted by Crippen LogP contribution is -2.38. The molecule has 0 amide bonds. The largest absolute Gasteiger partial charge is 0.348 e. The molecule has 0 aromatic carbocycles. The van der Waals surface area contributed by atoms with Crippen LogP contribution in [-0.2, 0) is 0 Å². The zero-order valence-corrected chi connectivity index (χ0v) is 8.46. The smallest absolute Gasteiger partial charge is 0.185 e. The van der Waals surface area contributed by atoms with Crippen LogP contribution in [0.1, 0.15) is 12.8 Å². The number of anilines is 1. The number of aromatic nitrogens is 1. The quantitative estimate of drug-likeness (QED) is 0.777. The number of piperidine rings is 1. The van der Waals surface area contributed by atoms with Crippen molar-refractivity contribution in [1.29, 1.82) is 0 Å². The second-order valence-electron chi connectivity index (χ2n) is 3.50. The van der Waals surface area contributed by atoms with Gasteiger partial charge in [0.1, 0.15) is 0 Å². The molecule has 3 nitrogen and oxygen atoms in total. The first-order valence-electron chi connectivity index (χ1n) is 4.74. The molecule has 2 heterocycles. The van der Waals surface area contributed by atoms with E-state index in [-0.39, 0.29) is 0 Å². The molecule has 1 aromatic rings. The molecule has 4 heteroatoms. The Morgan fingerprint density at radius 3 is 3.31 bits per heavy atom. The third-order valence-corrected chi connectivity index (χ3v) is 3.37. The van der Waals surface area contributed by atoms with E-state index < -0.39 is 0 Å². The zero-order valence-electron chi connectivity index (χ0n) is 7.65. The minimum absolute atomic E-state index is 0.664. The first-order valence-corrected chi connectivity index (χ1v) is 5.62. The Morgan fingerprint density at radius 2 is 2.62 bits per heavy atom. The van der Waals surface area contributed by atoms with Crippen molar-refractivity contribution in [3.8, 4) is 0 Å². The fraction of sp³-hybridized carbons (Fsp3) is 0.667. The molecule has 1 aliphatic rings. The summed E-state index contributed by atoms with van der Waals surface area (Å²) in [5.74, 6) is 0.664. The molecule has 0 radical (unpaired) electrons. The summed E-state index contributed by atoms with van der Waals surface area (Å²) >= 11 is 1.72. The molecule has 0 saturated carbocycles. The Hall–Kier alpha value is -0.610. The van der Waals surface area contributed by atoms with Crippen LogP contribution in [0.3, 0.4) is 0 Å². The number of rotatable bonds is 2. The predicted octanol–water partition coefficient (Wildman–Crippen LogP) is 1.32. The highest BCUT2D eigenvalue weighted by Crippen LogP contribution is 2.23. The highest BCUT2D eigenvalue weighted by molar-refractivity contribution is 7.13. The first-order chi connectivity index (χ1) is 6.40. The molecule has 0 spiro atoms. The molecule has 0 bridgehead atoms. The molecular weight excluding hydrogens is 182 g/mol. The van der Waals surface area contributed by atoms with Gasteiger partial charge in [0.25, 0.3) is 0 Å². The van der Waals surface area contributed by atoms with Crippen molar-refractivity contribution in [3.05, 3.63) is 11.6 Å². The van der Waals surface area contributed by atoms with Crippen molar-refractivity contribution in [1.82, 2.24) is 4.98 Å². The van der Waals surface area contributed by atoms with E-state index in [0.29, 0.717) is 5.92 Å². The van der Waals surface area contributed by atoms with E-state index in [1.807, 2.05) is 11.6 Å². The molecular formula is C9H15N3S. The number of thiazole rings is 1. The summed E-state index contributed by atoms with van der Waals surface area (Å²) in [6.07, 6.45) is 4.39. The minimum atomic E-state index is 0.664. The van der Waals surface area contributed by atoms with Gasteiger partial charge in [-0.3, -0.25) is 0 Å². The van der Waals surface area contributed by atoms with Gasteiger partial charge in [0.05, 0.1) is 0 Å². The molecule has 13 heavy (non-hydrogen) atoms. The summed E-state index contributed by atoms with van der Waals surface area (Å²) in [5, 5.41) is 3.18. The molecule has 1 aromatic heterocycles. The average Bonchev–Trinajstić information content (AvgIpc) is 2.71. The lowest BCUT2D eigenvalue weighted by Gasteiger charge is -2.31. The fourth-order valence-electron chi connectivity index (χ4n) is 1.80. The monoisotopic (exact) mass is 197 g/mol. The van der Waals surface area contributed by atoms with Gasteiger partial charge in [0.15, 0.2) is 5.13 Å². The van der Waals surface area contributed by atoms with Gasteiger partial charge >= 0.3 is 0 Å². The van der Waals surface area contributed by atoms with Gasteiger partial charge in [-0.15, -0.1) is 11.3 Å². The van der Waals surface area contributed by atoms with Crippen LogP contribution in [0.4, 0.5) is 5.13 Å². The predicted molar refractivity (Wildman–Crippen MR) is 56.1 cm³/mol. The summed E-state index contributed by atoms with van der Waals surface area (Å²) in [7, 11) is 0. The minimum Gasteiger partial charge on any atom is -0.348 e. The van der Waals surface area contributed by atoms with Crippen LogP contribution in [0, 0.1) is 5.92 Å². The fourth-order valence-corrected chi connectivity index (χ4v) is 2.48. The maximum atomic E-state index is 5.68. The number of nitrogens with two attached hydrogens (primary N) is 1. The van der Waals surface area contributed by atoms with Crippen LogP contribution in [0.5, 0.6) is 0 Å². The van der Waals surface area contributed by atoms with Crippen LogP contribution in [0.25, 0.3) is 0 Å². The number of nitrogens with zero attached hydrogens (tertiary/aromatic N) is 2. The molecule has 1 fully saturated rings. The summed E-state index contributed by atoms with van der Waals surface area (Å²) in [6, 6.07) is 0. The second kappa shape index (κ2) is 4.07. The third kappa shape index (κ3) is 2.00. The van der Waals surface area contributed by atoms with E-state index in [4.69, 9.17) is 5.73 Å². The van der Waals surface area contributed by atoms with Crippen LogP contribution in [0.2, 0.25) is 0 Å². The lowest BCUT2D eigenvalue weighted by molar-refractivity contribution is 0.423. The highest BCUT2D eigenvalue weighted by atomic mass is 32.1. The van der Waals surface area contributed by atoms with E-state index in [2.05, 4.69) is 9.88 Å². The van der Waals surface area contributed by atoms with Crippen LogP contribution < -0.4 is 10.6 Å². The van der Waals surface area contributed by atoms with Gasteiger partial charge in [-0.25, -0.2) is 4.98 Å². The van der Waals surface area contributed by atoms with Gasteiger partial charge < -0.3 is 10.6 Å². The Balaban J connectivity index is 2.00. The summed E-state index contributed by atoms with van der Waals surface area (Å²) in [4.78, 5) is 6.67. The molecule has 0 aliphatic carbocycles. The summed E-state index contributed by atoms with van der Waals surface area (Å²) < 4.78 is 0. The Kier molecular flexibility index (Phi) is 2.80. The molecule has 1 aliphatic heterocycles. The summed E-state index contributed by atoms with van der Waals surface area (Å²) in [6.45, 7) is 3.04. The van der Waals surface area contributed by atoms with E-state index >= 15 is 0 Å². The van der Waals surface area contributed by atoms with Crippen LogP contribution >= 0.6 is 11.3 Å². The normalized spacial score (nSPS) is 23.5. The molecule has 1 atom stereocenters. The number of hydrogen-bond acceptors (Lipinski definition) is 4. The Morgan fingerprint density at radius 1 is 1.69 bits per heavy atom. The van der Waals surface area contributed by atoms with E-state index in [9.17, 15) is 0 Å². The first kappa shape index (κ1) is 8.97. The average molecular weight is 197 g/mol. The second-order valence-corrected chi connectivity index (χ2v) is 4.38. The molecule has 0 unspecified atom stereocenters. The van der Waals surface area contributed by atoms with E-state index in [1.165, 1.54) is 12.8 Å². The molecule has 1 saturated heterocycles. The summed E-state index contributed by atoms with van der Waals surface area (Å²) in [5.41, 5.74) is 5.68. The Bertz CT molecular complexity index is 247. The SMILES string of the molecule is NC[C@H]1CCCN(c2nccs2)C1. The third-order valence-electron chi connectivity index (χ3n) is 2.54. The van der Waals surface area contributed by atoms with Gasteiger partial charge in [-0.2, -0.15) is 0 Å². The van der Waals surface area contributed by atoms with Gasteiger partial charge in [0.2, 0.25) is 0 Å². The van der Waals surface area contributed by atoms with E-state index in [0.717, 1.165) is 24.8 Å². The van der Waals surface area contributed by atoms with Crippen molar-refractivity contribution in [2.75, 3.05) is 24.5 Å². The Labute approximate surface area is 82.6 Å². The van der Waals surface area contributed by atoms with Gasteiger partial charge in [-0.05, 0) is 25.3 Å². The highest BCUT2D eigenvalue weighted by Gasteiger charge is 2.19. The van der Waals surface area contributed by atoms with Crippen molar-refractivity contribution < 1.29 is 0 Å². The zero-order chi connectivity index (χ0) is 9.10. The van der Waals surface area contributed by atoms with Crippen molar-refractivity contribution in [3.63, 3.8) is 0 Å². The van der Waals surface area contributed by atoms with Crippen molar-refractivity contribution in [2.45, 2.75) is 12.8 Å². The maximum absolute atomic E-state index is 5.68. The molecule has 2 rings (SSSR count). The van der Waals surface area contributed by atoms with E-state index in [1.54, 1.807) is 11.3 Å². The van der Waals surface area contributed by atoms with Gasteiger partial charge in [0, 0.05) is 24.7 Å². The standard InChI is InChI=1S/C9H15N3S/c10-6-8-2-1-4-12(7-8)9-11-3-5-13-9/h3,5,8H,1-2,4,6-7,10H2/t8-/m1/s1. The van der Waals surface area contributed by atoms with Gasteiger partial charge in [-0.1, -0.05) is 0 Å².